The monoisotopic (exact) mass is 136 g/mol. The molecule has 0 aliphatic rings. The maximum atomic E-state index is 8.82. The molecule has 0 fully saturated rings. The third kappa shape index (κ3) is 5.14. The van der Waals surface area contributed by atoms with Crippen LogP contribution < -0.4 is 0 Å². The first-order valence-electron chi connectivity index (χ1n) is 3.12. The molecule has 0 saturated carbocycles. The topological polar surface area (TPSA) is 20.2 Å². The van der Waals surface area contributed by atoms with E-state index in [0.717, 1.165) is 0 Å². The quantitative estimate of drug-likeness (QED) is 0.450. The predicted octanol–water partition coefficient (Wildman–Crippen LogP) is 1.50. The summed E-state index contributed by atoms with van der Waals surface area (Å²) in [6, 6.07) is 0. The highest BCUT2D eigenvalue weighted by Crippen LogP contribution is 1.90. The maximum absolute atomic E-state index is 8.82. The van der Waals surface area contributed by atoms with Gasteiger partial charge in [0.05, 0.1) is 0 Å². The van der Waals surface area contributed by atoms with Crippen molar-refractivity contribution in [2.24, 2.45) is 0 Å². The summed E-state index contributed by atoms with van der Waals surface area (Å²) >= 11 is 0. The van der Waals surface area contributed by atoms with Crippen molar-refractivity contribution in [3.8, 4) is 12.3 Å². The largest absolute Gasteiger partial charge is 0.377 e. The highest BCUT2D eigenvalue weighted by molar-refractivity contribution is 5.14. The van der Waals surface area contributed by atoms with Gasteiger partial charge in [-0.3, -0.25) is 0 Å². The Hall–Kier alpha value is -1.00. The van der Waals surface area contributed by atoms with Crippen LogP contribution in [0.1, 0.15) is 13.8 Å². The fourth-order valence-electron chi connectivity index (χ4n) is 0.409. The zero-order valence-electron chi connectivity index (χ0n) is 6.33. The Morgan fingerprint density at radius 2 is 2.20 bits per heavy atom. The number of hydrogen-bond donors (Lipinski definition) is 1. The van der Waals surface area contributed by atoms with Gasteiger partial charge in [-0.15, -0.1) is 6.42 Å². The molecule has 0 spiro atoms. The second kappa shape index (κ2) is 4.84. The average molecular weight is 136 g/mol. The molecule has 54 valence electrons. The molecular weight excluding hydrogens is 124 g/mol. The second-order valence-corrected chi connectivity index (χ2v) is 2.24. The summed E-state index contributed by atoms with van der Waals surface area (Å²) in [6.07, 6.45) is 9.36. The lowest BCUT2D eigenvalue weighted by atomic mass is 10.3. The van der Waals surface area contributed by atoms with Crippen LogP contribution in [-0.2, 0) is 0 Å². The summed E-state index contributed by atoms with van der Waals surface area (Å²) in [5, 5.41) is 8.82. The van der Waals surface area contributed by atoms with E-state index in [1.807, 2.05) is 19.9 Å². The normalized spacial score (nSPS) is 12.6. The molecule has 0 amide bonds. The van der Waals surface area contributed by atoms with Gasteiger partial charge in [0, 0.05) is 0 Å². The molecular formula is C9H12O. The SMILES string of the molecule is C#CC(O)/C=C\C=C(C)C. The molecule has 0 aliphatic carbocycles. The van der Waals surface area contributed by atoms with Crippen LogP contribution in [0.15, 0.2) is 23.8 Å². The maximum Gasteiger partial charge on any atom is 0.133 e. The first-order chi connectivity index (χ1) is 4.66. The van der Waals surface area contributed by atoms with Crippen molar-refractivity contribution in [3.63, 3.8) is 0 Å². The minimum atomic E-state index is -0.754. The van der Waals surface area contributed by atoms with Gasteiger partial charge in [0.1, 0.15) is 6.10 Å². The highest BCUT2D eigenvalue weighted by atomic mass is 16.3. The fourth-order valence-corrected chi connectivity index (χ4v) is 0.409. The van der Waals surface area contributed by atoms with Gasteiger partial charge in [0.25, 0.3) is 0 Å². The number of rotatable bonds is 2. The van der Waals surface area contributed by atoms with E-state index >= 15 is 0 Å². The van der Waals surface area contributed by atoms with Gasteiger partial charge in [-0.2, -0.15) is 0 Å². The lowest BCUT2D eigenvalue weighted by molar-refractivity contribution is 0.281. The molecule has 0 heterocycles. The number of hydrogen-bond acceptors (Lipinski definition) is 1. The van der Waals surface area contributed by atoms with E-state index < -0.39 is 6.10 Å². The van der Waals surface area contributed by atoms with Gasteiger partial charge < -0.3 is 5.11 Å². The van der Waals surface area contributed by atoms with Crippen LogP contribution in [-0.4, -0.2) is 11.2 Å². The van der Waals surface area contributed by atoms with E-state index in [1.54, 1.807) is 12.2 Å². The Morgan fingerprint density at radius 1 is 1.60 bits per heavy atom. The number of aliphatic hydroxyl groups is 1. The van der Waals surface area contributed by atoms with E-state index in [9.17, 15) is 0 Å². The standard InChI is InChI=1S/C9H12O/c1-4-9(10)7-5-6-8(2)3/h1,5-7,9-10H,2-3H3/b7-5-. The van der Waals surface area contributed by atoms with Gasteiger partial charge in [0.15, 0.2) is 0 Å². The third-order valence-electron chi connectivity index (χ3n) is 0.894. The number of terminal acetylenes is 1. The summed E-state index contributed by atoms with van der Waals surface area (Å²) in [5.74, 6) is 2.18. The lowest BCUT2D eigenvalue weighted by Crippen LogP contribution is -1.94. The van der Waals surface area contributed by atoms with E-state index in [0.29, 0.717) is 0 Å². The predicted molar refractivity (Wildman–Crippen MR) is 43.4 cm³/mol. The van der Waals surface area contributed by atoms with Crippen LogP contribution in [0.3, 0.4) is 0 Å². The Bertz CT molecular complexity index is 177. The number of allylic oxidation sites excluding steroid dienone is 3. The van der Waals surface area contributed by atoms with Gasteiger partial charge >= 0.3 is 0 Å². The average Bonchev–Trinajstić information content (AvgIpc) is 1.87. The minimum Gasteiger partial charge on any atom is -0.377 e. The van der Waals surface area contributed by atoms with Gasteiger partial charge in [-0.1, -0.05) is 23.6 Å². The van der Waals surface area contributed by atoms with Gasteiger partial charge in [-0.05, 0) is 19.9 Å². The van der Waals surface area contributed by atoms with Crippen molar-refractivity contribution in [3.05, 3.63) is 23.8 Å². The van der Waals surface area contributed by atoms with Gasteiger partial charge in [0.2, 0.25) is 0 Å². The smallest absolute Gasteiger partial charge is 0.133 e. The molecule has 0 bridgehead atoms. The van der Waals surface area contributed by atoms with Crippen LogP contribution in [0, 0.1) is 12.3 Å². The second-order valence-electron chi connectivity index (χ2n) is 2.24. The Labute approximate surface area is 62.1 Å². The first-order valence-corrected chi connectivity index (χ1v) is 3.12. The Morgan fingerprint density at radius 3 is 2.60 bits per heavy atom. The summed E-state index contributed by atoms with van der Waals surface area (Å²) in [4.78, 5) is 0. The summed E-state index contributed by atoms with van der Waals surface area (Å²) in [7, 11) is 0. The first kappa shape index (κ1) is 9.00. The zero-order valence-corrected chi connectivity index (χ0v) is 6.33. The van der Waals surface area contributed by atoms with Crippen LogP contribution in [0.2, 0.25) is 0 Å². The third-order valence-corrected chi connectivity index (χ3v) is 0.894. The molecule has 0 aromatic heterocycles. The molecule has 0 aliphatic heterocycles. The Kier molecular flexibility index (Phi) is 4.36. The van der Waals surface area contributed by atoms with E-state index in [4.69, 9.17) is 11.5 Å². The van der Waals surface area contributed by atoms with Crippen molar-refractivity contribution >= 4 is 0 Å². The molecule has 1 unspecified atom stereocenters. The molecule has 0 aromatic rings. The van der Waals surface area contributed by atoms with Crippen molar-refractivity contribution in [2.75, 3.05) is 0 Å². The molecule has 0 aromatic carbocycles. The van der Waals surface area contributed by atoms with Crippen LogP contribution in [0.25, 0.3) is 0 Å². The van der Waals surface area contributed by atoms with Crippen molar-refractivity contribution in [2.45, 2.75) is 20.0 Å². The molecule has 1 N–H and O–H groups in total. The van der Waals surface area contributed by atoms with E-state index in [2.05, 4.69) is 5.92 Å². The van der Waals surface area contributed by atoms with Crippen LogP contribution >= 0.6 is 0 Å². The molecule has 1 atom stereocenters. The van der Waals surface area contributed by atoms with Crippen LogP contribution in [0.4, 0.5) is 0 Å². The minimum absolute atomic E-state index is 0.754. The van der Waals surface area contributed by atoms with E-state index in [1.165, 1.54) is 5.57 Å². The zero-order chi connectivity index (χ0) is 7.98. The van der Waals surface area contributed by atoms with Crippen molar-refractivity contribution in [1.82, 2.24) is 0 Å². The molecule has 0 saturated heterocycles. The lowest BCUT2D eigenvalue weighted by Gasteiger charge is -1.89. The fraction of sp³-hybridized carbons (Fsp3) is 0.333. The molecule has 1 heteroatoms. The van der Waals surface area contributed by atoms with Gasteiger partial charge in [-0.25, -0.2) is 0 Å². The Balaban J connectivity index is 3.80. The van der Waals surface area contributed by atoms with Crippen molar-refractivity contribution < 1.29 is 5.11 Å². The molecule has 0 radical (unpaired) electrons. The number of aliphatic hydroxyl groups excluding tert-OH is 1. The van der Waals surface area contributed by atoms with Crippen molar-refractivity contribution in [1.29, 1.82) is 0 Å². The highest BCUT2D eigenvalue weighted by Gasteiger charge is 1.85. The summed E-state index contributed by atoms with van der Waals surface area (Å²) in [5.41, 5.74) is 1.18. The summed E-state index contributed by atoms with van der Waals surface area (Å²) < 4.78 is 0. The molecule has 0 rings (SSSR count). The van der Waals surface area contributed by atoms with Crippen LogP contribution in [0.5, 0.6) is 0 Å². The van der Waals surface area contributed by atoms with E-state index in [-0.39, 0.29) is 0 Å². The summed E-state index contributed by atoms with van der Waals surface area (Å²) in [6.45, 7) is 3.96. The molecule has 1 nitrogen and oxygen atoms in total. The molecule has 10 heavy (non-hydrogen) atoms.